The number of hydrogen-bond donors (Lipinski definition) is 1. The predicted octanol–water partition coefficient (Wildman–Crippen LogP) is -0.0522. The summed E-state index contributed by atoms with van der Waals surface area (Å²) >= 11 is 0. The van der Waals surface area contributed by atoms with Crippen molar-refractivity contribution in [2.45, 2.75) is 0 Å². The van der Waals surface area contributed by atoms with Gasteiger partial charge in [0.2, 0.25) is 0 Å². The van der Waals surface area contributed by atoms with Crippen LogP contribution in [0, 0.1) is 0 Å². The zero-order valence-electron chi connectivity index (χ0n) is 5.63. The molecule has 3 heteroatoms. The van der Waals surface area contributed by atoms with E-state index < -0.39 is 0 Å². The molecule has 0 radical (unpaired) electrons. The number of hydrogen-bond acceptors (Lipinski definition) is 2. The van der Waals surface area contributed by atoms with E-state index in [1.165, 1.54) is 0 Å². The Labute approximate surface area is 54.4 Å². The average molecular weight is 124 g/mol. The molecule has 9 heavy (non-hydrogen) atoms. The van der Waals surface area contributed by atoms with Gasteiger partial charge in [-0.2, -0.15) is 0 Å². The smallest absolute Gasteiger partial charge is 0.277 e. The zero-order valence-corrected chi connectivity index (χ0v) is 5.63. The highest BCUT2D eigenvalue weighted by atomic mass is 15.1. The van der Waals surface area contributed by atoms with E-state index in [0.717, 1.165) is 5.95 Å². The number of rotatable bonds is 1. The molecule has 1 heterocycles. The van der Waals surface area contributed by atoms with E-state index in [2.05, 4.69) is 10.3 Å². The largest absolute Gasteiger partial charge is 0.391 e. The molecule has 0 fully saturated rings. The molecule has 0 aromatic carbocycles. The van der Waals surface area contributed by atoms with Gasteiger partial charge in [0.1, 0.15) is 6.20 Å². The summed E-state index contributed by atoms with van der Waals surface area (Å²) in [5, 5.41) is 2.95. The van der Waals surface area contributed by atoms with Gasteiger partial charge < -0.3 is 0 Å². The van der Waals surface area contributed by atoms with Gasteiger partial charge in [0.15, 0.2) is 0 Å². The molecule has 1 rings (SSSR count). The molecule has 48 valence electrons. The molecule has 0 atom stereocenters. The molecule has 0 saturated heterocycles. The fourth-order valence-corrected chi connectivity index (χ4v) is 0.684. The summed E-state index contributed by atoms with van der Waals surface area (Å²) < 4.78 is 1.92. The lowest BCUT2D eigenvalue weighted by Crippen LogP contribution is -2.31. The molecular weight excluding hydrogens is 114 g/mol. The van der Waals surface area contributed by atoms with E-state index in [1.54, 1.807) is 6.20 Å². The molecule has 1 N–H and O–H groups in total. The molecule has 0 aliphatic rings. The fourth-order valence-electron chi connectivity index (χ4n) is 0.684. The zero-order chi connectivity index (χ0) is 6.69. The maximum absolute atomic E-state index is 4.05. The van der Waals surface area contributed by atoms with Crippen molar-refractivity contribution in [2.75, 3.05) is 12.4 Å². The van der Waals surface area contributed by atoms with Crippen LogP contribution in [0.3, 0.4) is 0 Å². The third-order valence-corrected chi connectivity index (χ3v) is 1.15. The van der Waals surface area contributed by atoms with Gasteiger partial charge in [0.25, 0.3) is 0 Å². The number of nitrogens with zero attached hydrogens (tertiary/aromatic N) is 2. The lowest BCUT2D eigenvalue weighted by molar-refractivity contribution is -0.659. The summed E-state index contributed by atoms with van der Waals surface area (Å²) in [5.74, 6) is 0.873. The predicted molar refractivity (Wildman–Crippen MR) is 35.0 cm³/mol. The van der Waals surface area contributed by atoms with Crippen molar-refractivity contribution in [3.05, 3.63) is 18.5 Å². The normalized spacial score (nSPS) is 9.11. The Kier molecular flexibility index (Phi) is 1.63. The van der Waals surface area contributed by atoms with Crippen LogP contribution in [0.15, 0.2) is 18.5 Å². The minimum atomic E-state index is 0.873. The number of nitrogens with one attached hydrogen (secondary N) is 1. The topological polar surface area (TPSA) is 28.8 Å². The van der Waals surface area contributed by atoms with E-state index in [0.29, 0.717) is 0 Å². The highest BCUT2D eigenvalue weighted by Crippen LogP contribution is 1.85. The Morgan fingerprint density at radius 1 is 1.67 bits per heavy atom. The van der Waals surface area contributed by atoms with E-state index >= 15 is 0 Å². The van der Waals surface area contributed by atoms with E-state index in [4.69, 9.17) is 0 Å². The van der Waals surface area contributed by atoms with Crippen molar-refractivity contribution in [1.29, 1.82) is 0 Å². The highest BCUT2D eigenvalue weighted by molar-refractivity contribution is 5.12. The molecule has 3 nitrogen and oxygen atoms in total. The van der Waals surface area contributed by atoms with Crippen LogP contribution in [0.2, 0.25) is 0 Å². The first-order valence-corrected chi connectivity index (χ1v) is 2.83. The van der Waals surface area contributed by atoms with Gasteiger partial charge >= 0.3 is 5.95 Å². The summed E-state index contributed by atoms with van der Waals surface area (Å²) in [6.45, 7) is 0. The monoisotopic (exact) mass is 124 g/mol. The lowest BCUT2D eigenvalue weighted by atomic mass is 10.6. The van der Waals surface area contributed by atoms with Crippen LogP contribution < -0.4 is 9.88 Å². The van der Waals surface area contributed by atoms with Crippen LogP contribution >= 0.6 is 0 Å². The van der Waals surface area contributed by atoms with Gasteiger partial charge in [-0.05, 0) is 0 Å². The summed E-state index contributed by atoms with van der Waals surface area (Å²) in [5.41, 5.74) is 0. The molecule has 0 unspecified atom stereocenters. The number of anilines is 1. The SMILES string of the molecule is CNc1nccc[n+]1C. The lowest BCUT2D eigenvalue weighted by Gasteiger charge is -1.93. The van der Waals surface area contributed by atoms with Crippen molar-refractivity contribution in [2.24, 2.45) is 7.05 Å². The maximum atomic E-state index is 4.05. The molecule has 0 spiro atoms. The Balaban J connectivity index is 3.01. The Morgan fingerprint density at radius 2 is 2.44 bits per heavy atom. The minimum absolute atomic E-state index is 0.873. The second-order valence-corrected chi connectivity index (χ2v) is 1.80. The van der Waals surface area contributed by atoms with Gasteiger partial charge in [0, 0.05) is 6.07 Å². The third-order valence-electron chi connectivity index (χ3n) is 1.15. The van der Waals surface area contributed by atoms with E-state index in [9.17, 15) is 0 Å². The second-order valence-electron chi connectivity index (χ2n) is 1.80. The molecule has 0 aliphatic carbocycles. The molecule has 0 saturated carbocycles. The third kappa shape index (κ3) is 1.16. The second kappa shape index (κ2) is 2.44. The molecule has 1 aromatic rings. The quantitative estimate of drug-likeness (QED) is 0.532. The summed E-state index contributed by atoms with van der Waals surface area (Å²) in [6.07, 6.45) is 3.70. The first-order valence-electron chi connectivity index (χ1n) is 2.83. The van der Waals surface area contributed by atoms with Crippen LogP contribution in [-0.2, 0) is 7.05 Å². The van der Waals surface area contributed by atoms with Gasteiger partial charge in [-0.15, -0.1) is 0 Å². The molecule has 0 bridgehead atoms. The molecule has 1 aromatic heterocycles. The van der Waals surface area contributed by atoms with Crippen LogP contribution in [0.4, 0.5) is 5.95 Å². The van der Waals surface area contributed by atoms with Crippen molar-refractivity contribution < 1.29 is 4.57 Å². The minimum Gasteiger partial charge on any atom is -0.277 e. The van der Waals surface area contributed by atoms with Gasteiger partial charge in [-0.1, -0.05) is 4.98 Å². The maximum Gasteiger partial charge on any atom is 0.391 e. The van der Waals surface area contributed by atoms with Crippen molar-refractivity contribution in [1.82, 2.24) is 4.98 Å². The van der Waals surface area contributed by atoms with Crippen LogP contribution in [0.1, 0.15) is 0 Å². The molecule has 0 amide bonds. The van der Waals surface area contributed by atoms with Crippen LogP contribution in [-0.4, -0.2) is 12.0 Å². The van der Waals surface area contributed by atoms with Gasteiger partial charge in [-0.3, -0.25) is 5.32 Å². The standard InChI is InChI=1S/C6H9N3/c1-7-6-8-4-3-5-9(6)2/h3-5H,1-2H3/p+1. The van der Waals surface area contributed by atoms with Crippen LogP contribution in [0.25, 0.3) is 0 Å². The number of aryl methyl sites for hydroxylation is 1. The number of aromatic nitrogens is 2. The van der Waals surface area contributed by atoms with Crippen LogP contribution in [0.5, 0.6) is 0 Å². The summed E-state index contributed by atoms with van der Waals surface area (Å²) in [4.78, 5) is 4.05. The fraction of sp³-hybridized carbons (Fsp3) is 0.333. The Morgan fingerprint density at radius 3 is 2.89 bits per heavy atom. The Bertz CT molecular complexity index is 197. The van der Waals surface area contributed by atoms with E-state index in [-0.39, 0.29) is 0 Å². The first-order chi connectivity index (χ1) is 4.34. The van der Waals surface area contributed by atoms with E-state index in [1.807, 2.05) is 30.9 Å². The van der Waals surface area contributed by atoms with Gasteiger partial charge in [-0.25, -0.2) is 4.57 Å². The van der Waals surface area contributed by atoms with Crippen molar-refractivity contribution in [3.63, 3.8) is 0 Å². The summed E-state index contributed by atoms with van der Waals surface area (Å²) in [6, 6.07) is 1.89. The van der Waals surface area contributed by atoms with Crippen molar-refractivity contribution >= 4 is 5.95 Å². The summed E-state index contributed by atoms with van der Waals surface area (Å²) in [7, 11) is 3.79. The Hall–Kier alpha value is -1.12. The van der Waals surface area contributed by atoms with Crippen molar-refractivity contribution in [3.8, 4) is 0 Å². The highest BCUT2D eigenvalue weighted by Gasteiger charge is 1.99. The average Bonchev–Trinajstić information content (AvgIpc) is 1.89. The van der Waals surface area contributed by atoms with Gasteiger partial charge in [0.05, 0.1) is 20.3 Å². The molecule has 0 aliphatic heterocycles. The molecular formula is C6H10N3+. The first kappa shape index (κ1) is 6.01.